The number of carbonyl (C=O) groups excluding carboxylic acids is 1. The number of hydrogen-bond donors (Lipinski definition) is 4. The molecule has 1 aliphatic heterocycles. The van der Waals surface area contributed by atoms with Crippen LogP contribution in [-0.2, 0) is 6.42 Å². The van der Waals surface area contributed by atoms with Crippen LogP contribution in [0.2, 0.25) is 0 Å². The average Bonchev–Trinajstić information content (AvgIpc) is 3.02. The number of nitrogens with one attached hydrogen (secondary N) is 2. The van der Waals surface area contributed by atoms with Gasteiger partial charge in [-0.15, -0.1) is 11.3 Å². The summed E-state index contributed by atoms with van der Waals surface area (Å²) in [7, 11) is 0. The van der Waals surface area contributed by atoms with Crippen molar-refractivity contribution in [3.05, 3.63) is 46.2 Å². The van der Waals surface area contributed by atoms with Crippen molar-refractivity contribution < 1.29 is 13.9 Å². The highest BCUT2D eigenvalue weighted by Gasteiger charge is 2.27. The lowest BCUT2D eigenvalue weighted by atomic mass is 10.0. The predicted octanol–water partition coefficient (Wildman–Crippen LogP) is 2.43. The number of ether oxygens (including phenoxy) is 1. The minimum absolute atomic E-state index is 0.251. The number of anilines is 2. The van der Waals surface area contributed by atoms with Crippen LogP contribution >= 0.6 is 11.3 Å². The fraction of sp³-hybridized carbons (Fsp3) is 0.300. The summed E-state index contributed by atoms with van der Waals surface area (Å²) in [6.45, 7) is 3.13. The van der Waals surface area contributed by atoms with Crippen molar-refractivity contribution in [2.45, 2.75) is 19.4 Å². The van der Waals surface area contributed by atoms with Crippen LogP contribution in [0.4, 0.5) is 15.8 Å². The second kappa shape index (κ2) is 7.84. The predicted molar refractivity (Wildman–Crippen MR) is 113 cm³/mol. The maximum Gasteiger partial charge on any atom is 0.263 e. The molecule has 0 bridgehead atoms. The third kappa shape index (κ3) is 3.83. The second-order valence-corrected chi connectivity index (χ2v) is 7.99. The van der Waals surface area contributed by atoms with Crippen molar-refractivity contribution in [1.82, 2.24) is 10.3 Å². The highest BCUT2D eigenvalue weighted by Crippen LogP contribution is 2.34. The molecule has 4 rings (SSSR count). The molecule has 1 aliphatic rings. The molecule has 0 aliphatic carbocycles. The van der Waals surface area contributed by atoms with E-state index in [1.807, 2.05) is 19.1 Å². The topological polar surface area (TPSA) is 115 Å². The molecule has 0 saturated carbocycles. The van der Waals surface area contributed by atoms with Gasteiger partial charge in [0.2, 0.25) is 0 Å². The zero-order valence-corrected chi connectivity index (χ0v) is 16.7. The Morgan fingerprint density at radius 2 is 2.24 bits per heavy atom. The maximum absolute atomic E-state index is 14.5. The number of carbonyl (C=O) groups is 1. The first-order valence-corrected chi connectivity index (χ1v) is 10.1. The molecule has 6 N–H and O–H groups in total. The largest absolute Gasteiger partial charge is 0.491 e. The van der Waals surface area contributed by atoms with Crippen LogP contribution in [0.1, 0.15) is 20.9 Å². The second-order valence-electron chi connectivity index (χ2n) is 6.99. The molecular formula is C20H22FN5O2S. The highest BCUT2D eigenvalue weighted by atomic mass is 32.1. The van der Waals surface area contributed by atoms with Crippen molar-refractivity contribution in [1.29, 1.82) is 0 Å². The Morgan fingerprint density at radius 1 is 1.41 bits per heavy atom. The van der Waals surface area contributed by atoms with Crippen LogP contribution in [0.15, 0.2) is 24.3 Å². The Morgan fingerprint density at radius 3 is 3.03 bits per heavy atom. The van der Waals surface area contributed by atoms with Gasteiger partial charge in [0.1, 0.15) is 27.9 Å². The molecule has 29 heavy (non-hydrogen) atoms. The van der Waals surface area contributed by atoms with E-state index in [9.17, 15) is 9.18 Å². The van der Waals surface area contributed by atoms with Gasteiger partial charge in [-0.05, 0) is 25.1 Å². The molecule has 1 amide bonds. The zero-order valence-electron chi connectivity index (χ0n) is 15.9. The fourth-order valence-corrected chi connectivity index (χ4v) is 4.40. The van der Waals surface area contributed by atoms with Gasteiger partial charge >= 0.3 is 0 Å². The van der Waals surface area contributed by atoms with Crippen molar-refractivity contribution in [3.8, 4) is 5.75 Å². The van der Waals surface area contributed by atoms with Gasteiger partial charge in [-0.3, -0.25) is 4.79 Å². The Labute approximate surface area is 171 Å². The molecule has 3 heterocycles. The lowest BCUT2D eigenvalue weighted by Crippen LogP contribution is -2.43. The number of nitrogen functional groups attached to an aromatic ring is 1. The summed E-state index contributed by atoms with van der Waals surface area (Å²) in [5.74, 6) is -0.195. The number of hydrogen-bond acceptors (Lipinski definition) is 7. The fourth-order valence-electron chi connectivity index (χ4n) is 3.35. The van der Waals surface area contributed by atoms with Gasteiger partial charge < -0.3 is 26.8 Å². The number of aryl methyl sites for hydroxylation is 1. The molecule has 1 aromatic carbocycles. The minimum Gasteiger partial charge on any atom is -0.491 e. The Balaban J connectivity index is 1.50. The molecule has 152 valence electrons. The number of rotatable bonds is 5. The summed E-state index contributed by atoms with van der Waals surface area (Å²) >= 11 is 1.25. The van der Waals surface area contributed by atoms with Gasteiger partial charge in [-0.2, -0.15) is 0 Å². The van der Waals surface area contributed by atoms with Crippen molar-refractivity contribution in [3.63, 3.8) is 0 Å². The van der Waals surface area contributed by atoms with Gasteiger partial charge in [0.15, 0.2) is 0 Å². The number of aromatic nitrogens is 1. The molecule has 1 atom stereocenters. The first-order valence-electron chi connectivity index (χ1n) is 9.32. The number of fused-ring (bicyclic) bond motifs is 2. The van der Waals surface area contributed by atoms with Crippen LogP contribution in [0.5, 0.6) is 5.75 Å². The molecule has 0 radical (unpaired) electrons. The molecule has 2 aromatic heterocycles. The quantitative estimate of drug-likeness (QED) is 0.509. The smallest absolute Gasteiger partial charge is 0.263 e. The first-order chi connectivity index (χ1) is 14.0. The molecule has 0 saturated heterocycles. The van der Waals surface area contributed by atoms with E-state index in [1.165, 1.54) is 17.4 Å². The summed E-state index contributed by atoms with van der Waals surface area (Å²) in [4.78, 5) is 18.3. The number of thiophene rings is 1. The van der Waals surface area contributed by atoms with E-state index in [2.05, 4.69) is 15.6 Å². The molecule has 3 aromatic rings. The summed E-state index contributed by atoms with van der Waals surface area (Å²) in [6.07, 6.45) is 0.340. The zero-order chi connectivity index (χ0) is 20.5. The normalized spacial score (nSPS) is 15.6. The van der Waals surface area contributed by atoms with E-state index in [1.54, 1.807) is 6.07 Å². The van der Waals surface area contributed by atoms with Crippen LogP contribution in [0.25, 0.3) is 10.2 Å². The van der Waals surface area contributed by atoms with Crippen molar-refractivity contribution in [2.24, 2.45) is 5.73 Å². The Bertz CT molecular complexity index is 1080. The average molecular weight is 415 g/mol. The maximum atomic E-state index is 14.5. The van der Waals surface area contributed by atoms with Crippen LogP contribution in [0.3, 0.4) is 0 Å². The molecule has 7 nitrogen and oxygen atoms in total. The molecule has 0 fully saturated rings. The number of pyridine rings is 1. The van der Waals surface area contributed by atoms with Crippen molar-refractivity contribution >= 4 is 38.8 Å². The number of nitrogens with two attached hydrogens (primary N) is 2. The van der Waals surface area contributed by atoms with E-state index in [0.717, 1.165) is 15.9 Å². The molecule has 0 unspecified atom stereocenters. The summed E-state index contributed by atoms with van der Waals surface area (Å²) in [5, 5.41) is 6.71. The van der Waals surface area contributed by atoms with E-state index in [-0.39, 0.29) is 24.4 Å². The summed E-state index contributed by atoms with van der Waals surface area (Å²) in [5.41, 5.74) is 14.0. The Hall–Kier alpha value is -2.91. The first kappa shape index (κ1) is 19.4. The number of amides is 1. The number of benzene rings is 1. The third-order valence-corrected chi connectivity index (χ3v) is 5.91. The van der Waals surface area contributed by atoms with Gasteiger partial charge in [0, 0.05) is 47.9 Å². The van der Waals surface area contributed by atoms with E-state index >= 15 is 0 Å². The van der Waals surface area contributed by atoms with Crippen LogP contribution in [0, 0.1) is 12.7 Å². The highest BCUT2D eigenvalue weighted by molar-refractivity contribution is 7.21. The number of nitrogens with zero attached hydrogens (tertiary/aromatic N) is 1. The van der Waals surface area contributed by atoms with E-state index in [0.29, 0.717) is 47.1 Å². The van der Waals surface area contributed by atoms with Gasteiger partial charge in [-0.1, -0.05) is 0 Å². The minimum atomic E-state index is -0.373. The van der Waals surface area contributed by atoms with Gasteiger partial charge in [0.05, 0.1) is 11.7 Å². The van der Waals surface area contributed by atoms with E-state index < -0.39 is 0 Å². The molecule has 0 spiro atoms. The molecule has 9 heteroatoms. The summed E-state index contributed by atoms with van der Waals surface area (Å²) in [6, 6.07) is 6.54. The Kier molecular flexibility index (Phi) is 5.25. The SMILES string of the molecule is Cc1ccc2c(N)c(C(=O)N[C@H]3COc4cc(NCCN)cc(F)c4C3)sc2n1. The van der Waals surface area contributed by atoms with Crippen LogP contribution < -0.4 is 26.8 Å². The van der Waals surface area contributed by atoms with Gasteiger partial charge in [-0.25, -0.2) is 9.37 Å². The summed E-state index contributed by atoms with van der Waals surface area (Å²) < 4.78 is 20.3. The van der Waals surface area contributed by atoms with E-state index in [4.69, 9.17) is 16.2 Å². The number of halogens is 1. The monoisotopic (exact) mass is 415 g/mol. The standard InChI is InChI=1S/C20H22FN5O2S/c1-10-2-3-13-17(23)18(29-20(13)25-10)19(27)26-12-6-14-15(21)7-11(24-5-4-22)8-16(14)28-9-12/h2-3,7-8,12,24H,4-6,9,22-23H2,1H3,(H,26,27)/t12-/m1/s1. The van der Waals surface area contributed by atoms with Crippen LogP contribution in [-0.4, -0.2) is 36.6 Å². The lowest BCUT2D eigenvalue weighted by Gasteiger charge is -2.27. The van der Waals surface area contributed by atoms with Crippen molar-refractivity contribution in [2.75, 3.05) is 30.7 Å². The van der Waals surface area contributed by atoms with Gasteiger partial charge in [0.25, 0.3) is 5.91 Å². The molecular weight excluding hydrogens is 393 g/mol. The third-order valence-electron chi connectivity index (χ3n) is 4.79. The lowest BCUT2D eigenvalue weighted by molar-refractivity contribution is 0.0919.